The van der Waals surface area contributed by atoms with Gasteiger partial charge in [-0.3, -0.25) is 0 Å². The van der Waals surface area contributed by atoms with Crippen molar-refractivity contribution in [3.05, 3.63) is 11.7 Å². The summed E-state index contributed by atoms with van der Waals surface area (Å²) >= 11 is 0. The fourth-order valence-electron chi connectivity index (χ4n) is 3.93. The lowest BCUT2D eigenvalue weighted by molar-refractivity contribution is -0.0469. The van der Waals surface area contributed by atoms with Crippen molar-refractivity contribution in [1.29, 1.82) is 0 Å². The highest BCUT2D eigenvalue weighted by atomic mass is 16.5. The lowest BCUT2D eigenvalue weighted by Crippen LogP contribution is -2.31. The molecule has 3 rings (SSSR count). The number of hydrogen-bond acceptors (Lipinski definition) is 5. The van der Waals surface area contributed by atoms with Gasteiger partial charge in [-0.1, -0.05) is 18.0 Å². The van der Waals surface area contributed by atoms with E-state index in [1.165, 1.54) is 38.5 Å². The molecule has 2 aliphatic carbocycles. The van der Waals surface area contributed by atoms with E-state index in [1.54, 1.807) is 0 Å². The number of nitrogens with two attached hydrogens (primary N) is 1. The van der Waals surface area contributed by atoms with E-state index in [9.17, 15) is 0 Å². The lowest BCUT2D eigenvalue weighted by Gasteiger charge is -2.24. The van der Waals surface area contributed by atoms with Gasteiger partial charge in [-0.05, 0) is 51.4 Å². The SMILES string of the molecule is CCOC1(c2noc(CC(N)C3CCCC3)n2)CCCC1. The van der Waals surface area contributed by atoms with Gasteiger partial charge in [0, 0.05) is 19.1 Å². The number of nitrogens with zero attached hydrogens (tertiary/aromatic N) is 2. The zero-order chi connectivity index (χ0) is 14.7. The minimum Gasteiger partial charge on any atom is -0.367 e. The highest BCUT2D eigenvalue weighted by Crippen LogP contribution is 2.40. The van der Waals surface area contributed by atoms with Crippen LogP contribution in [0.1, 0.15) is 70.0 Å². The molecule has 118 valence electrons. The molecule has 2 aliphatic rings. The number of ether oxygens (including phenoxy) is 1. The molecule has 1 heterocycles. The summed E-state index contributed by atoms with van der Waals surface area (Å²) in [7, 11) is 0. The summed E-state index contributed by atoms with van der Waals surface area (Å²) in [5.41, 5.74) is 5.99. The molecule has 0 radical (unpaired) electrons. The van der Waals surface area contributed by atoms with E-state index in [1.807, 2.05) is 6.92 Å². The molecule has 1 aromatic rings. The van der Waals surface area contributed by atoms with E-state index in [-0.39, 0.29) is 11.6 Å². The largest absolute Gasteiger partial charge is 0.367 e. The molecule has 1 unspecified atom stereocenters. The van der Waals surface area contributed by atoms with Crippen molar-refractivity contribution in [2.75, 3.05) is 6.61 Å². The van der Waals surface area contributed by atoms with Gasteiger partial charge >= 0.3 is 0 Å². The molecule has 0 spiro atoms. The first-order chi connectivity index (χ1) is 10.2. The maximum Gasteiger partial charge on any atom is 0.228 e. The molecule has 5 nitrogen and oxygen atoms in total. The van der Waals surface area contributed by atoms with Crippen molar-refractivity contribution in [2.45, 2.75) is 76.4 Å². The van der Waals surface area contributed by atoms with Crippen molar-refractivity contribution in [2.24, 2.45) is 11.7 Å². The van der Waals surface area contributed by atoms with Crippen LogP contribution in [0.2, 0.25) is 0 Å². The molecule has 0 aromatic carbocycles. The van der Waals surface area contributed by atoms with Crippen molar-refractivity contribution in [3.63, 3.8) is 0 Å². The van der Waals surface area contributed by atoms with Gasteiger partial charge in [0.05, 0.1) is 0 Å². The van der Waals surface area contributed by atoms with Crippen LogP contribution in [-0.2, 0) is 16.8 Å². The minimum absolute atomic E-state index is 0.146. The quantitative estimate of drug-likeness (QED) is 0.873. The molecular weight excluding hydrogens is 266 g/mol. The van der Waals surface area contributed by atoms with Gasteiger partial charge < -0.3 is 15.0 Å². The van der Waals surface area contributed by atoms with E-state index in [0.717, 1.165) is 18.7 Å². The Kier molecular flexibility index (Phi) is 4.60. The van der Waals surface area contributed by atoms with Crippen molar-refractivity contribution in [3.8, 4) is 0 Å². The fourth-order valence-corrected chi connectivity index (χ4v) is 3.93. The summed E-state index contributed by atoms with van der Waals surface area (Å²) in [6, 6.07) is 0.146. The van der Waals surface area contributed by atoms with Crippen LogP contribution in [0.5, 0.6) is 0 Å². The smallest absolute Gasteiger partial charge is 0.228 e. The van der Waals surface area contributed by atoms with Gasteiger partial charge in [0.25, 0.3) is 0 Å². The predicted molar refractivity (Wildman–Crippen MR) is 79.7 cm³/mol. The zero-order valence-corrected chi connectivity index (χ0v) is 13.0. The van der Waals surface area contributed by atoms with Gasteiger partial charge in [-0.25, -0.2) is 0 Å². The van der Waals surface area contributed by atoms with Crippen molar-refractivity contribution < 1.29 is 9.26 Å². The average molecular weight is 293 g/mol. The summed E-state index contributed by atoms with van der Waals surface area (Å²) in [6.45, 7) is 2.71. The van der Waals surface area contributed by atoms with E-state index < -0.39 is 0 Å². The molecule has 1 aromatic heterocycles. The number of hydrogen-bond donors (Lipinski definition) is 1. The molecule has 1 atom stereocenters. The zero-order valence-electron chi connectivity index (χ0n) is 13.0. The van der Waals surface area contributed by atoms with Gasteiger partial charge in [0.15, 0.2) is 0 Å². The molecule has 2 saturated carbocycles. The standard InChI is InChI=1S/C16H27N3O2/c1-2-20-16(9-5-6-10-16)15-18-14(21-19-15)11-13(17)12-7-3-4-8-12/h12-13H,2-11,17H2,1H3. The second kappa shape index (κ2) is 6.44. The van der Waals surface area contributed by atoms with Crippen molar-refractivity contribution in [1.82, 2.24) is 10.1 Å². The Hall–Kier alpha value is -0.940. The van der Waals surface area contributed by atoms with Gasteiger partial charge in [0.2, 0.25) is 11.7 Å². The monoisotopic (exact) mass is 293 g/mol. The molecule has 0 saturated heterocycles. The average Bonchev–Trinajstić information content (AvgIpc) is 3.21. The normalized spacial score (nSPS) is 23.7. The molecule has 0 amide bonds. The molecule has 21 heavy (non-hydrogen) atoms. The maximum atomic E-state index is 6.31. The van der Waals surface area contributed by atoms with E-state index in [0.29, 0.717) is 24.8 Å². The topological polar surface area (TPSA) is 74.2 Å². The van der Waals surface area contributed by atoms with Crippen LogP contribution < -0.4 is 5.73 Å². The predicted octanol–water partition coefficient (Wildman–Crippen LogP) is 2.94. The summed E-state index contributed by atoms with van der Waals surface area (Å²) in [4.78, 5) is 4.61. The van der Waals surface area contributed by atoms with Crippen molar-refractivity contribution >= 4 is 0 Å². The third-order valence-electron chi connectivity index (χ3n) is 5.12. The van der Waals surface area contributed by atoms with Gasteiger partial charge in [-0.2, -0.15) is 4.98 Å². The summed E-state index contributed by atoms with van der Waals surface area (Å²) in [6.07, 6.45) is 10.1. The molecule has 5 heteroatoms. The maximum absolute atomic E-state index is 6.31. The van der Waals surface area contributed by atoms with Gasteiger partial charge in [0.1, 0.15) is 5.60 Å². The van der Waals surface area contributed by atoms with Crippen LogP contribution in [0, 0.1) is 5.92 Å². The summed E-state index contributed by atoms with van der Waals surface area (Å²) < 4.78 is 11.4. The van der Waals surface area contributed by atoms with E-state index in [4.69, 9.17) is 15.0 Å². The second-order valence-electron chi connectivity index (χ2n) is 6.56. The van der Waals surface area contributed by atoms with Crippen LogP contribution in [0.4, 0.5) is 0 Å². The molecule has 2 N–H and O–H groups in total. The Morgan fingerprint density at radius 1 is 1.29 bits per heavy atom. The Bertz CT molecular complexity index is 448. The molecule has 0 aliphatic heterocycles. The minimum atomic E-state index is -0.312. The molecule has 0 bridgehead atoms. The Labute approximate surface area is 126 Å². The van der Waals surface area contributed by atoms with E-state index >= 15 is 0 Å². The first kappa shape index (κ1) is 15.0. The van der Waals surface area contributed by atoms with Crippen LogP contribution >= 0.6 is 0 Å². The summed E-state index contributed by atoms with van der Waals surface area (Å²) in [5, 5.41) is 4.20. The molecule has 2 fully saturated rings. The van der Waals surface area contributed by atoms with Crippen LogP contribution in [0.25, 0.3) is 0 Å². The Morgan fingerprint density at radius 2 is 2.00 bits per heavy atom. The number of rotatable bonds is 6. The van der Waals surface area contributed by atoms with E-state index in [2.05, 4.69) is 10.1 Å². The van der Waals surface area contributed by atoms with Crippen LogP contribution in [0.3, 0.4) is 0 Å². The van der Waals surface area contributed by atoms with Gasteiger partial charge in [-0.15, -0.1) is 0 Å². The second-order valence-corrected chi connectivity index (χ2v) is 6.56. The highest BCUT2D eigenvalue weighted by molar-refractivity contribution is 5.05. The highest BCUT2D eigenvalue weighted by Gasteiger charge is 2.41. The third-order valence-corrected chi connectivity index (χ3v) is 5.12. The molecular formula is C16H27N3O2. The summed E-state index contributed by atoms with van der Waals surface area (Å²) in [5.74, 6) is 2.03. The fraction of sp³-hybridized carbons (Fsp3) is 0.875. The third kappa shape index (κ3) is 3.14. The first-order valence-corrected chi connectivity index (χ1v) is 8.46. The Morgan fingerprint density at radius 3 is 2.67 bits per heavy atom. The number of aromatic nitrogens is 2. The van der Waals surface area contributed by atoms with Crippen LogP contribution in [0.15, 0.2) is 4.52 Å². The lowest BCUT2D eigenvalue weighted by atomic mass is 9.96. The Balaban J connectivity index is 1.67. The van der Waals surface area contributed by atoms with Crippen LogP contribution in [-0.4, -0.2) is 22.8 Å². The first-order valence-electron chi connectivity index (χ1n) is 8.46.